The summed E-state index contributed by atoms with van der Waals surface area (Å²) in [5.41, 5.74) is 7.00. The van der Waals surface area contributed by atoms with E-state index in [1.54, 1.807) is 6.92 Å². The molecule has 18 heteroatoms. The Kier molecular flexibility index (Phi) is 8.00. The van der Waals surface area contributed by atoms with E-state index in [0.29, 0.717) is 11.4 Å². The molecule has 4 N–H and O–H groups in total. The van der Waals surface area contributed by atoms with Gasteiger partial charge in [0.25, 0.3) is 10.1 Å². The van der Waals surface area contributed by atoms with Crippen molar-refractivity contribution < 1.29 is 43.3 Å². The molecule has 37 heavy (non-hydrogen) atoms. The average Bonchev–Trinajstić information content (AvgIpc) is 3.09. The molecule has 0 atom stereocenters. The summed E-state index contributed by atoms with van der Waals surface area (Å²) in [4.78, 5) is -0.550. The number of ether oxygens (including phenoxy) is 1. The quantitative estimate of drug-likeness (QED) is 0.233. The number of azo groups is 1. The summed E-state index contributed by atoms with van der Waals surface area (Å²) in [7, 11) is -11.9. The number of hydrogen-bond acceptors (Lipinski definition) is 12. The fourth-order valence-corrected chi connectivity index (χ4v) is 5.01. The number of hydrogen-bond donors (Lipinski definition) is 3. The Labute approximate surface area is 212 Å². The lowest BCUT2D eigenvalue weighted by atomic mass is 10.3. The van der Waals surface area contributed by atoms with E-state index in [1.807, 2.05) is 0 Å². The number of methoxy groups -OCH3 is 1. The standard InChI is InChI=1S/C19H21N5O10S3/c1-12-18(19(20)24(23-12)13-3-5-14(6-4-13)36(27,28)29)22-21-16-11-15(7-8-17(16)33-2)35(25,26)10-9-34-37(30,31)32/h3-8,11H,9-10,20H2,1-2H3,(H,27,28,29)(H,30,31,32). The Morgan fingerprint density at radius 3 is 2.16 bits per heavy atom. The van der Waals surface area contributed by atoms with Crippen LogP contribution in [0.2, 0.25) is 0 Å². The Balaban J connectivity index is 1.93. The largest absolute Gasteiger partial charge is 0.494 e. The first-order valence-electron chi connectivity index (χ1n) is 10.00. The number of nitrogens with two attached hydrogens (primary N) is 1. The van der Waals surface area contributed by atoms with Gasteiger partial charge in [-0.15, -0.1) is 10.2 Å². The zero-order valence-electron chi connectivity index (χ0n) is 19.2. The summed E-state index contributed by atoms with van der Waals surface area (Å²) >= 11 is 0. The molecule has 0 fully saturated rings. The lowest BCUT2D eigenvalue weighted by Gasteiger charge is -2.08. The molecule has 0 aliphatic carbocycles. The monoisotopic (exact) mass is 575 g/mol. The van der Waals surface area contributed by atoms with Gasteiger partial charge in [0, 0.05) is 0 Å². The van der Waals surface area contributed by atoms with Crippen molar-refractivity contribution in [1.82, 2.24) is 9.78 Å². The first kappa shape index (κ1) is 28.2. The highest BCUT2D eigenvalue weighted by Crippen LogP contribution is 2.35. The smallest absolute Gasteiger partial charge is 0.397 e. The van der Waals surface area contributed by atoms with Gasteiger partial charge < -0.3 is 10.5 Å². The summed E-state index contributed by atoms with van der Waals surface area (Å²) in [5.74, 6) is -0.544. The Hall–Kier alpha value is -3.42. The van der Waals surface area contributed by atoms with E-state index in [0.717, 1.165) is 6.07 Å². The molecule has 3 rings (SSSR count). The van der Waals surface area contributed by atoms with E-state index in [2.05, 4.69) is 19.5 Å². The van der Waals surface area contributed by atoms with Crippen molar-refractivity contribution in [1.29, 1.82) is 0 Å². The summed E-state index contributed by atoms with van der Waals surface area (Å²) < 4.78 is 97.2. The second-order valence-corrected chi connectivity index (χ2v) is 11.9. The minimum atomic E-state index is -4.80. The van der Waals surface area contributed by atoms with Gasteiger partial charge in [-0.2, -0.15) is 21.9 Å². The van der Waals surface area contributed by atoms with Crippen molar-refractivity contribution in [2.45, 2.75) is 16.7 Å². The van der Waals surface area contributed by atoms with Gasteiger partial charge in [0.15, 0.2) is 21.3 Å². The molecule has 1 aromatic heterocycles. The van der Waals surface area contributed by atoms with Crippen LogP contribution in [0.25, 0.3) is 5.69 Å². The normalized spacial score (nSPS) is 12.8. The number of rotatable bonds is 10. The number of nitrogen functional groups attached to an aromatic ring is 1. The van der Waals surface area contributed by atoms with E-state index in [9.17, 15) is 25.3 Å². The van der Waals surface area contributed by atoms with Crippen LogP contribution in [-0.2, 0) is 34.5 Å². The van der Waals surface area contributed by atoms with Gasteiger partial charge in [0.1, 0.15) is 11.4 Å². The van der Waals surface area contributed by atoms with Crippen molar-refractivity contribution in [2.75, 3.05) is 25.2 Å². The van der Waals surface area contributed by atoms with Crippen LogP contribution in [0.1, 0.15) is 5.69 Å². The highest BCUT2D eigenvalue weighted by atomic mass is 32.3. The molecule has 0 saturated heterocycles. The average molecular weight is 576 g/mol. The van der Waals surface area contributed by atoms with Gasteiger partial charge in [0.2, 0.25) is 0 Å². The predicted octanol–water partition coefficient (Wildman–Crippen LogP) is 2.03. The molecule has 0 aliphatic heterocycles. The zero-order chi connectivity index (χ0) is 27.6. The van der Waals surface area contributed by atoms with Crippen molar-refractivity contribution in [3.8, 4) is 11.4 Å². The predicted molar refractivity (Wildman–Crippen MR) is 129 cm³/mol. The van der Waals surface area contributed by atoms with Crippen LogP contribution in [0.4, 0.5) is 17.2 Å². The van der Waals surface area contributed by atoms with E-state index in [-0.39, 0.29) is 32.7 Å². The molecule has 0 radical (unpaired) electrons. The van der Waals surface area contributed by atoms with Crippen molar-refractivity contribution in [2.24, 2.45) is 10.2 Å². The Bertz CT molecular complexity index is 1660. The van der Waals surface area contributed by atoms with Crippen LogP contribution in [0.3, 0.4) is 0 Å². The van der Waals surface area contributed by atoms with E-state index in [4.69, 9.17) is 19.6 Å². The summed E-state index contributed by atoms with van der Waals surface area (Å²) in [5, 5.41) is 12.4. The molecule has 0 unspecified atom stereocenters. The molecule has 15 nitrogen and oxygen atoms in total. The highest BCUT2D eigenvalue weighted by Gasteiger charge is 2.20. The molecule has 0 aliphatic rings. The van der Waals surface area contributed by atoms with Crippen molar-refractivity contribution in [3.05, 3.63) is 48.2 Å². The van der Waals surface area contributed by atoms with Crippen LogP contribution >= 0.6 is 0 Å². The van der Waals surface area contributed by atoms with Crippen molar-refractivity contribution >= 4 is 47.5 Å². The molecule has 0 saturated carbocycles. The van der Waals surface area contributed by atoms with Crippen LogP contribution in [0.5, 0.6) is 5.75 Å². The van der Waals surface area contributed by atoms with Crippen LogP contribution < -0.4 is 10.5 Å². The van der Waals surface area contributed by atoms with Gasteiger partial charge in [-0.1, -0.05) is 0 Å². The first-order chi connectivity index (χ1) is 17.1. The summed E-state index contributed by atoms with van der Waals surface area (Å²) in [6, 6.07) is 8.76. The minimum Gasteiger partial charge on any atom is -0.494 e. The second kappa shape index (κ2) is 10.5. The summed E-state index contributed by atoms with van der Waals surface area (Å²) in [6.07, 6.45) is 0. The van der Waals surface area contributed by atoms with Gasteiger partial charge >= 0.3 is 10.4 Å². The fourth-order valence-electron chi connectivity index (χ4n) is 3.03. The number of sulfone groups is 1. The minimum absolute atomic E-state index is 0.00308. The molecular formula is C19H21N5O10S3. The third-order valence-electron chi connectivity index (χ3n) is 4.79. The van der Waals surface area contributed by atoms with Crippen molar-refractivity contribution in [3.63, 3.8) is 0 Å². The molecule has 0 bridgehead atoms. The van der Waals surface area contributed by atoms with Gasteiger partial charge in [-0.05, 0) is 49.4 Å². The Morgan fingerprint density at radius 1 is 0.973 bits per heavy atom. The van der Waals surface area contributed by atoms with Crippen LogP contribution in [0.15, 0.2) is 62.5 Å². The lowest BCUT2D eigenvalue weighted by molar-refractivity contribution is 0.284. The van der Waals surface area contributed by atoms with E-state index in [1.165, 1.54) is 48.2 Å². The van der Waals surface area contributed by atoms with Gasteiger partial charge in [-0.3, -0.25) is 9.11 Å². The number of nitrogens with zero attached hydrogens (tertiary/aromatic N) is 4. The molecule has 200 valence electrons. The number of aromatic nitrogens is 2. The Morgan fingerprint density at radius 2 is 1.59 bits per heavy atom. The highest BCUT2D eigenvalue weighted by molar-refractivity contribution is 7.91. The van der Waals surface area contributed by atoms with E-state index < -0.39 is 42.7 Å². The van der Waals surface area contributed by atoms with Gasteiger partial charge in [-0.25, -0.2) is 17.3 Å². The topological polar surface area (TPSA) is 230 Å². The maximum absolute atomic E-state index is 12.5. The first-order valence-corrected chi connectivity index (χ1v) is 14.5. The lowest BCUT2D eigenvalue weighted by Crippen LogP contribution is -2.15. The second-order valence-electron chi connectivity index (χ2n) is 7.30. The molecule has 0 spiro atoms. The molecule has 3 aromatic rings. The molecular weight excluding hydrogens is 554 g/mol. The maximum atomic E-state index is 12.5. The summed E-state index contributed by atoms with van der Waals surface area (Å²) in [6.45, 7) is 0.783. The number of benzene rings is 2. The fraction of sp³-hybridized carbons (Fsp3) is 0.211. The number of anilines is 1. The third kappa shape index (κ3) is 6.87. The number of aryl methyl sites for hydroxylation is 1. The molecule has 0 amide bonds. The third-order valence-corrected chi connectivity index (χ3v) is 7.80. The van der Waals surface area contributed by atoms with Crippen LogP contribution in [-0.4, -0.2) is 63.6 Å². The van der Waals surface area contributed by atoms with Crippen LogP contribution in [0, 0.1) is 6.92 Å². The molecule has 2 aromatic carbocycles. The SMILES string of the molecule is COc1ccc(S(=O)(=O)CCOS(=O)(=O)O)cc1N=Nc1c(C)nn(-c2ccc(S(=O)(=O)O)cc2)c1N. The van der Waals surface area contributed by atoms with E-state index >= 15 is 0 Å². The van der Waals surface area contributed by atoms with Gasteiger partial charge in [0.05, 0.1) is 40.6 Å². The molecule has 1 heterocycles. The maximum Gasteiger partial charge on any atom is 0.397 e. The zero-order valence-corrected chi connectivity index (χ0v) is 21.7.